The molecule has 0 radical (unpaired) electrons. The summed E-state index contributed by atoms with van der Waals surface area (Å²) < 4.78 is 66.8. The molecule has 10 heteroatoms. The average molecular weight is 515 g/mol. The lowest BCUT2D eigenvalue weighted by Crippen LogP contribution is -2.21. The molecule has 0 aliphatic heterocycles. The Morgan fingerprint density at radius 3 is 2.61 bits per heavy atom. The summed E-state index contributed by atoms with van der Waals surface area (Å²) in [7, 11) is -3.73. The number of nitrogens with one attached hydrogen (secondary N) is 1. The standard InChI is InChI=1S/C26H24F2N2O5S/c1-15(2)14-36(32,33)30-22-8-4-6-17(24(22)28)12-20-16(3)19-10-9-18(13-23(19)35-26(20)31)34-25-21(27)7-5-11-29-25/h4-11,13,15,30H,12,14H2,1-3H3. The number of anilines is 1. The zero-order valence-corrected chi connectivity index (χ0v) is 20.7. The second kappa shape index (κ2) is 10.1. The first kappa shape index (κ1) is 25.3. The van der Waals surface area contributed by atoms with E-state index in [0.717, 1.165) is 0 Å². The van der Waals surface area contributed by atoms with E-state index in [-0.39, 0.29) is 52.1 Å². The summed E-state index contributed by atoms with van der Waals surface area (Å²) >= 11 is 0. The Balaban J connectivity index is 1.65. The Bertz CT molecular complexity index is 1600. The van der Waals surface area contributed by atoms with Crippen molar-refractivity contribution < 1.29 is 26.4 Å². The number of nitrogens with zero attached hydrogens (tertiary/aromatic N) is 1. The molecule has 36 heavy (non-hydrogen) atoms. The number of rotatable bonds is 8. The molecule has 1 N–H and O–H groups in total. The Morgan fingerprint density at radius 2 is 1.89 bits per heavy atom. The predicted octanol–water partition coefficient (Wildman–Crippen LogP) is 5.56. The first-order valence-electron chi connectivity index (χ1n) is 11.2. The number of fused-ring (bicyclic) bond motifs is 1. The smallest absolute Gasteiger partial charge is 0.340 e. The molecule has 0 saturated heterocycles. The molecule has 4 aromatic rings. The van der Waals surface area contributed by atoms with Crippen LogP contribution in [0.5, 0.6) is 11.6 Å². The van der Waals surface area contributed by atoms with Crippen LogP contribution in [-0.4, -0.2) is 19.2 Å². The van der Waals surface area contributed by atoms with Gasteiger partial charge in [0.05, 0.1) is 11.4 Å². The van der Waals surface area contributed by atoms with Crippen LogP contribution in [0.3, 0.4) is 0 Å². The SMILES string of the molecule is Cc1c(Cc2cccc(NS(=O)(=O)CC(C)C)c2F)c(=O)oc2cc(Oc3ncccc3F)ccc12. The summed E-state index contributed by atoms with van der Waals surface area (Å²) in [5, 5.41) is 0.590. The van der Waals surface area contributed by atoms with Crippen molar-refractivity contribution in [3.8, 4) is 11.6 Å². The van der Waals surface area contributed by atoms with Gasteiger partial charge in [0, 0.05) is 29.6 Å². The van der Waals surface area contributed by atoms with Gasteiger partial charge in [-0.1, -0.05) is 26.0 Å². The molecular formula is C26H24F2N2O5S. The molecular weight excluding hydrogens is 490 g/mol. The second-order valence-electron chi connectivity index (χ2n) is 8.78. The second-order valence-corrected chi connectivity index (χ2v) is 10.5. The fraction of sp³-hybridized carbons (Fsp3) is 0.231. The lowest BCUT2D eigenvalue weighted by Gasteiger charge is -2.13. The van der Waals surface area contributed by atoms with Crippen LogP contribution < -0.4 is 15.1 Å². The van der Waals surface area contributed by atoms with Crippen molar-refractivity contribution in [2.75, 3.05) is 10.5 Å². The van der Waals surface area contributed by atoms with E-state index in [9.17, 15) is 17.6 Å². The largest absolute Gasteiger partial charge is 0.436 e. The van der Waals surface area contributed by atoms with E-state index < -0.39 is 27.3 Å². The van der Waals surface area contributed by atoms with Gasteiger partial charge in [0.2, 0.25) is 10.0 Å². The third kappa shape index (κ3) is 5.54. The number of benzene rings is 2. The van der Waals surface area contributed by atoms with E-state index in [1.165, 1.54) is 42.6 Å². The Labute approximate surface area is 206 Å². The maximum absolute atomic E-state index is 15.2. The van der Waals surface area contributed by atoms with Gasteiger partial charge in [-0.2, -0.15) is 0 Å². The lowest BCUT2D eigenvalue weighted by atomic mass is 9.99. The molecule has 0 bridgehead atoms. The number of halogens is 2. The summed E-state index contributed by atoms with van der Waals surface area (Å²) in [6, 6.07) is 11.7. The van der Waals surface area contributed by atoms with Crippen LogP contribution in [0.2, 0.25) is 0 Å². The highest BCUT2D eigenvalue weighted by molar-refractivity contribution is 7.92. The minimum atomic E-state index is -3.73. The molecule has 0 fully saturated rings. The zero-order valence-electron chi connectivity index (χ0n) is 19.8. The van der Waals surface area contributed by atoms with Crippen molar-refractivity contribution in [3.05, 3.63) is 93.5 Å². The van der Waals surface area contributed by atoms with E-state index in [2.05, 4.69) is 9.71 Å². The fourth-order valence-corrected chi connectivity index (χ4v) is 5.29. The number of hydrogen-bond donors (Lipinski definition) is 1. The Morgan fingerprint density at radius 1 is 1.11 bits per heavy atom. The van der Waals surface area contributed by atoms with Crippen molar-refractivity contribution in [3.63, 3.8) is 0 Å². The number of aryl methyl sites for hydroxylation is 1. The minimum Gasteiger partial charge on any atom is -0.436 e. The van der Waals surface area contributed by atoms with Crippen molar-refractivity contribution in [2.45, 2.75) is 27.2 Å². The van der Waals surface area contributed by atoms with E-state index in [1.54, 1.807) is 32.9 Å². The lowest BCUT2D eigenvalue weighted by molar-refractivity contribution is 0.422. The molecule has 0 amide bonds. The van der Waals surface area contributed by atoms with Crippen LogP contribution in [0.15, 0.2) is 63.9 Å². The topological polar surface area (TPSA) is 98.5 Å². The minimum absolute atomic E-state index is 0.104. The molecule has 0 spiro atoms. The number of ether oxygens (including phenoxy) is 1. The highest BCUT2D eigenvalue weighted by atomic mass is 32.2. The van der Waals surface area contributed by atoms with Crippen molar-refractivity contribution in [1.82, 2.24) is 4.98 Å². The van der Waals surface area contributed by atoms with Crippen LogP contribution in [-0.2, 0) is 16.4 Å². The first-order chi connectivity index (χ1) is 17.0. The van der Waals surface area contributed by atoms with E-state index >= 15 is 4.39 Å². The van der Waals surface area contributed by atoms with Crippen molar-refractivity contribution >= 4 is 26.7 Å². The van der Waals surface area contributed by atoms with Gasteiger partial charge in [-0.3, -0.25) is 4.72 Å². The Hall–Kier alpha value is -3.79. The third-order valence-electron chi connectivity index (χ3n) is 5.46. The average Bonchev–Trinajstić information content (AvgIpc) is 2.79. The molecule has 0 aliphatic carbocycles. The zero-order chi connectivity index (χ0) is 26.0. The highest BCUT2D eigenvalue weighted by Gasteiger charge is 2.19. The van der Waals surface area contributed by atoms with E-state index in [4.69, 9.17) is 9.15 Å². The van der Waals surface area contributed by atoms with Crippen molar-refractivity contribution in [2.24, 2.45) is 5.92 Å². The summed E-state index contributed by atoms with van der Waals surface area (Å²) in [4.78, 5) is 16.6. The van der Waals surface area contributed by atoms with Gasteiger partial charge in [0.1, 0.15) is 11.3 Å². The van der Waals surface area contributed by atoms with Crippen LogP contribution in [0.4, 0.5) is 14.5 Å². The maximum Gasteiger partial charge on any atom is 0.340 e. The molecule has 2 aromatic heterocycles. The van der Waals surface area contributed by atoms with Crippen LogP contribution in [0.25, 0.3) is 11.0 Å². The Kier molecular flexibility index (Phi) is 7.07. The fourth-order valence-electron chi connectivity index (χ4n) is 3.83. The summed E-state index contributed by atoms with van der Waals surface area (Å²) in [6.45, 7) is 5.21. The van der Waals surface area contributed by atoms with E-state index in [0.29, 0.717) is 10.9 Å². The van der Waals surface area contributed by atoms with Gasteiger partial charge < -0.3 is 9.15 Å². The molecule has 2 heterocycles. The molecule has 4 rings (SSSR count). The van der Waals surface area contributed by atoms with Gasteiger partial charge in [0.25, 0.3) is 5.88 Å². The van der Waals surface area contributed by atoms with Gasteiger partial charge in [-0.15, -0.1) is 0 Å². The summed E-state index contributed by atoms with van der Waals surface area (Å²) in [5.41, 5.74) is 0.298. The number of sulfonamides is 1. The van der Waals surface area contributed by atoms with E-state index in [1.807, 2.05) is 0 Å². The number of hydrogen-bond acceptors (Lipinski definition) is 6. The maximum atomic E-state index is 15.2. The number of aromatic nitrogens is 1. The summed E-state index contributed by atoms with van der Waals surface area (Å²) in [5.74, 6) is -1.67. The van der Waals surface area contributed by atoms with Crippen molar-refractivity contribution in [1.29, 1.82) is 0 Å². The molecule has 0 atom stereocenters. The first-order valence-corrected chi connectivity index (χ1v) is 12.8. The molecule has 188 valence electrons. The van der Waals surface area contributed by atoms with Gasteiger partial charge in [-0.25, -0.2) is 27.0 Å². The monoisotopic (exact) mass is 514 g/mol. The number of pyridine rings is 1. The quantitative estimate of drug-likeness (QED) is 0.309. The molecule has 7 nitrogen and oxygen atoms in total. The molecule has 2 aromatic carbocycles. The predicted molar refractivity (Wildman–Crippen MR) is 133 cm³/mol. The normalized spacial score (nSPS) is 11.7. The van der Waals surface area contributed by atoms with Gasteiger partial charge >= 0.3 is 5.63 Å². The van der Waals surface area contributed by atoms with Gasteiger partial charge in [0.15, 0.2) is 11.6 Å². The van der Waals surface area contributed by atoms with Crippen LogP contribution >= 0.6 is 0 Å². The molecule has 0 saturated carbocycles. The van der Waals surface area contributed by atoms with Crippen LogP contribution in [0, 0.1) is 24.5 Å². The summed E-state index contributed by atoms with van der Waals surface area (Å²) in [6.07, 6.45) is 1.28. The van der Waals surface area contributed by atoms with Crippen LogP contribution in [0.1, 0.15) is 30.5 Å². The van der Waals surface area contributed by atoms with Gasteiger partial charge in [-0.05, 0) is 54.3 Å². The molecule has 0 aliphatic rings. The highest BCUT2D eigenvalue weighted by Crippen LogP contribution is 2.29. The molecule has 0 unspecified atom stereocenters. The third-order valence-corrected chi connectivity index (χ3v) is 7.10.